The van der Waals surface area contributed by atoms with E-state index in [1.165, 1.54) is 0 Å². The first-order valence-corrected chi connectivity index (χ1v) is 6.95. The van der Waals surface area contributed by atoms with E-state index in [9.17, 15) is 4.79 Å². The number of rotatable bonds is 2. The topological polar surface area (TPSA) is 64.9 Å². The maximum absolute atomic E-state index is 12.3. The van der Waals surface area contributed by atoms with Crippen molar-refractivity contribution in [2.24, 2.45) is 0 Å². The number of carbonyl (C=O) groups is 1. The van der Waals surface area contributed by atoms with Crippen molar-refractivity contribution in [2.75, 3.05) is 18.5 Å². The van der Waals surface area contributed by atoms with Gasteiger partial charge >= 0.3 is 0 Å². The van der Waals surface area contributed by atoms with E-state index < -0.39 is 0 Å². The van der Waals surface area contributed by atoms with Crippen LogP contribution in [-0.4, -0.2) is 28.7 Å². The number of carbonyl (C=O) groups excluding carboxylic acids is 1. The summed E-state index contributed by atoms with van der Waals surface area (Å²) in [5, 5.41) is 7.06. The molecule has 110 valence electrons. The molecule has 0 saturated carbocycles. The summed E-state index contributed by atoms with van der Waals surface area (Å²) in [6, 6.07) is 12.7. The standard InChI is InChI=1S/C16H13N3O3/c20-16(13-10-12-3-1-2-6-19(12)18-13)17-11-4-5-14-15(9-11)22-8-7-21-14/h1-6,9-10H,7-8H2,(H,17,20). The SMILES string of the molecule is O=C(Nc1ccc2c(c1)OCCO2)c1cc2ccccn2n1. The van der Waals surface area contributed by atoms with Gasteiger partial charge in [0.2, 0.25) is 0 Å². The van der Waals surface area contributed by atoms with Crippen LogP contribution in [0.3, 0.4) is 0 Å². The molecule has 0 bridgehead atoms. The number of anilines is 1. The highest BCUT2D eigenvalue weighted by molar-refractivity contribution is 6.03. The molecule has 3 aromatic rings. The second kappa shape index (κ2) is 5.07. The van der Waals surface area contributed by atoms with Crippen LogP contribution in [0.5, 0.6) is 11.5 Å². The van der Waals surface area contributed by atoms with Crippen molar-refractivity contribution in [3.63, 3.8) is 0 Å². The average Bonchev–Trinajstić information content (AvgIpc) is 2.99. The summed E-state index contributed by atoms with van der Waals surface area (Å²) in [5.41, 5.74) is 1.88. The van der Waals surface area contributed by atoms with Gasteiger partial charge in [0.05, 0.1) is 5.52 Å². The molecule has 0 radical (unpaired) electrons. The Morgan fingerprint density at radius 2 is 1.95 bits per heavy atom. The van der Waals surface area contributed by atoms with E-state index in [0.29, 0.717) is 36.1 Å². The molecule has 0 atom stereocenters. The Bertz CT molecular complexity index is 824. The first kappa shape index (κ1) is 12.7. The zero-order chi connectivity index (χ0) is 14.9. The van der Waals surface area contributed by atoms with Crippen LogP contribution >= 0.6 is 0 Å². The first-order chi connectivity index (χ1) is 10.8. The van der Waals surface area contributed by atoms with Crippen LogP contribution in [0.15, 0.2) is 48.7 Å². The van der Waals surface area contributed by atoms with Gasteiger partial charge in [-0.1, -0.05) is 6.07 Å². The lowest BCUT2D eigenvalue weighted by molar-refractivity contribution is 0.102. The highest BCUT2D eigenvalue weighted by Gasteiger charge is 2.15. The van der Waals surface area contributed by atoms with Gasteiger partial charge < -0.3 is 14.8 Å². The monoisotopic (exact) mass is 295 g/mol. The zero-order valence-corrected chi connectivity index (χ0v) is 11.7. The lowest BCUT2D eigenvalue weighted by Gasteiger charge is -2.18. The molecule has 4 rings (SSSR count). The minimum atomic E-state index is -0.264. The fourth-order valence-electron chi connectivity index (χ4n) is 2.37. The second-order valence-electron chi connectivity index (χ2n) is 4.91. The van der Waals surface area contributed by atoms with Crippen molar-refractivity contribution in [3.8, 4) is 11.5 Å². The van der Waals surface area contributed by atoms with E-state index in [1.807, 2.05) is 18.2 Å². The van der Waals surface area contributed by atoms with E-state index in [-0.39, 0.29) is 5.91 Å². The summed E-state index contributed by atoms with van der Waals surface area (Å²) < 4.78 is 12.6. The second-order valence-corrected chi connectivity index (χ2v) is 4.91. The Balaban J connectivity index is 1.58. The molecule has 6 heteroatoms. The van der Waals surface area contributed by atoms with Crippen LogP contribution in [0, 0.1) is 0 Å². The molecule has 1 amide bonds. The highest BCUT2D eigenvalue weighted by atomic mass is 16.6. The third-order valence-electron chi connectivity index (χ3n) is 3.40. The van der Waals surface area contributed by atoms with Crippen LogP contribution in [-0.2, 0) is 0 Å². The molecule has 3 heterocycles. The Kier molecular flexibility index (Phi) is 2.93. The van der Waals surface area contributed by atoms with Gasteiger partial charge in [0, 0.05) is 18.0 Å². The fraction of sp³-hybridized carbons (Fsp3) is 0.125. The molecule has 1 aromatic carbocycles. The maximum atomic E-state index is 12.3. The molecule has 0 spiro atoms. The molecular formula is C16H13N3O3. The molecule has 6 nitrogen and oxygen atoms in total. The Hall–Kier alpha value is -3.02. The van der Waals surface area contributed by atoms with Crippen molar-refractivity contribution >= 4 is 17.1 Å². The van der Waals surface area contributed by atoms with E-state index in [2.05, 4.69) is 10.4 Å². The number of hydrogen-bond donors (Lipinski definition) is 1. The lowest BCUT2D eigenvalue weighted by Crippen LogP contribution is -2.16. The molecule has 0 saturated heterocycles. The van der Waals surface area contributed by atoms with Gasteiger partial charge in [-0.2, -0.15) is 5.10 Å². The van der Waals surface area contributed by atoms with Gasteiger partial charge in [0.15, 0.2) is 17.2 Å². The quantitative estimate of drug-likeness (QED) is 0.788. The molecule has 1 aliphatic heterocycles. The number of fused-ring (bicyclic) bond motifs is 2. The van der Waals surface area contributed by atoms with Gasteiger partial charge in [0.1, 0.15) is 13.2 Å². The van der Waals surface area contributed by atoms with Crippen LogP contribution in [0.4, 0.5) is 5.69 Å². The minimum Gasteiger partial charge on any atom is -0.486 e. The number of ether oxygens (including phenoxy) is 2. The summed E-state index contributed by atoms with van der Waals surface area (Å²) in [5.74, 6) is 1.07. The van der Waals surface area contributed by atoms with E-state index in [4.69, 9.17) is 9.47 Å². The smallest absolute Gasteiger partial charge is 0.276 e. The number of nitrogens with one attached hydrogen (secondary N) is 1. The van der Waals surface area contributed by atoms with Crippen molar-refractivity contribution in [3.05, 3.63) is 54.4 Å². The third kappa shape index (κ3) is 2.24. The number of nitrogens with zero attached hydrogens (tertiary/aromatic N) is 2. The summed E-state index contributed by atoms with van der Waals surface area (Å²) in [6.45, 7) is 1.05. The first-order valence-electron chi connectivity index (χ1n) is 6.95. The van der Waals surface area contributed by atoms with Gasteiger partial charge in [0.25, 0.3) is 5.91 Å². The molecule has 0 aliphatic carbocycles. The number of benzene rings is 1. The molecule has 1 N–H and O–H groups in total. The highest BCUT2D eigenvalue weighted by Crippen LogP contribution is 2.32. The normalized spacial score (nSPS) is 13.1. The van der Waals surface area contributed by atoms with Gasteiger partial charge in [-0.05, 0) is 30.3 Å². The number of aromatic nitrogens is 2. The van der Waals surface area contributed by atoms with Crippen molar-refractivity contribution in [1.29, 1.82) is 0 Å². The van der Waals surface area contributed by atoms with Crippen LogP contribution < -0.4 is 14.8 Å². The number of pyridine rings is 1. The Labute approximate surface area is 126 Å². The molecule has 0 unspecified atom stereocenters. The summed E-state index contributed by atoms with van der Waals surface area (Å²) >= 11 is 0. The average molecular weight is 295 g/mol. The minimum absolute atomic E-state index is 0.264. The number of hydrogen-bond acceptors (Lipinski definition) is 4. The van der Waals surface area contributed by atoms with Crippen molar-refractivity contribution < 1.29 is 14.3 Å². The maximum Gasteiger partial charge on any atom is 0.276 e. The van der Waals surface area contributed by atoms with Crippen LogP contribution in [0.25, 0.3) is 5.52 Å². The van der Waals surface area contributed by atoms with Gasteiger partial charge in [-0.15, -0.1) is 0 Å². The third-order valence-corrected chi connectivity index (χ3v) is 3.40. The zero-order valence-electron chi connectivity index (χ0n) is 11.7. The molecule has 1 aliphatic rings. The molecule has 2 aromatic heterocycles. The van der Waals surface area contributed by atoms with E-state index in [1.54, 1.807) is 35.0 Å². The van der Waals surface area contributed by atoms with E-state index in [0.717, 1.165) is 5.52 Å². The largest absolute Gasteiger partial charge is 0.486 e. The Morgan fingerprint density at radius 1 is 1.09 bits per heavy atom. The summed E-state index contributed by atoms with van der Waals surface area (Å²) in [7, 11) is 0. The van der Waals surface area contributed by atoms with Crippen molar-refractivity contribution in [2.45, 2.75) is 0 Å². The van der Waals surface area contributed by atoms with E-state index >= 15 is 0 Å². The van der Waals surface area contributed by atoms with Crippen LogP contribution in [0.2, 0.25) is 0 Å². The molecule has 22 heavy (non-hydrogen) atoms. The predicted molar refractivity (Wildman–Crippen MR) is 80.6 cm³/mol. The fourth-order valence-corrected chi connectivity index (χ4v) is 2.37. The van der Waals surface area contributed by atoms with Crippen molar-refractivity contribution in [1.82, 2.24) is 9.61 Å². The summed E-state index contributed by atoms with van der Waals surface area (Å²) in [6.07, 6.45) is 1.80. The number of amides is 1. The summed E-state index contributed by atoms with van der Waals surface area (Å²) in [4.78, 5) is 12.3. The van der Waals surface area contributed by atoms with Gasteiger partial charge in [-0.25, -0.2) is 4.52 Å². The molecule has 0 fully saturated rings. The molecular weight excluding hydrogens is 282 g/mol. The lowest BCUT2D eigenvalue weighted by atomic mass is 10.2. The Morgan fingerprint density at radius 3 is 2.82 bits per heavy atom. The van der Waals surface area contributed by atoms with Gasteiger partial charge in [-0.3, -0.25) is 4.79 Å². The predicted octanol–water partition coefficient (Wildman–Crippen LogP) is 2.36. The van der Waals surface area contributed by atoms with Crippen LogP contribution in [0.1, 0.15) is 10.5 Å².